The molecule has 2 aliphatic carbocycles. The highest BCUT2D eigenvalue weighted by atomic mass is 32.2. The quantitative estimate of drug-likeness (QED) is 0.676. The predicted octanol–water partition coefficient (Wildman–Crippen LogP) is 1.96. The van der Waals surface area contributed by atoms with Crippen molar-refractivity contribution in [1.29, 1.82) is 0 Å². The Morgan fingerprint density at radius 3 is 2.94 bits per heavy atom. The fraction of sp³-hybridized carbons (Fsp3) is 0.167. The van der Waals surface area contributed by atoms with E-state index in [1.165, 1.54) is 10.5 Å². The lowest BCUT2D eigenvalue weighted by atomic mass is 9.63. The van der Waals surface area contributed by atoms with Crippen LogP contribution < -0.4 is 0 Å². The SMILES string of the molecule is OB(O)C1=CC=C2SC=C3C=CC=CC32C1. The Labute approximate surface area is 98.9 Å². The van der Waals surface area contributed by atoms with Gasteiger partial charge in [0.2, 0.25) is 0 Å². The second kappa shape index (κ2) is 3.52. The van der Waals surface area contributed by atoms with Crippen LogP contribution in [0.3, 0.4) is 0 Å². The van der Waals surface area contributed by atoms with Crippen molar-refractivity contribution in [2.24, 2.45) is 5.41 Å². The summed E-state index contributed by atoms with van der Waals surface area (Å²) in [6.45, 7) is 0. The normalized spacial score (nSPS) is 30.2. The van der Waals surface area contributed by atoms with E-state index < -0.39 is 7.12 Å². The van der Waals surface area contributed by atoms with Gasteiger partial charge < -0.3 is 10.0 Å². The summed E-state index contributed by atoms with van der Waals surface area (Å²) in [7, 11) is -1.35. The Morgan fingerprint density at radius 1 is 1.25 bits per heavy atom. The highest BCUT2D eigenvalue weighted by molar-refractivity contribution is 8.06. The van der Waals surface area contributed by atoms with Crippen LogP contribution in [0.4, 0.5) is 0 Å². The molecule has 0 bridgehead atoms. The summed E-state index contributed by atoms with van der Waals surface area (Å²) in [5, 5.41) is 20.7. The van der Waals surface area contributed by atoms with E-state index in [1.807, 2.05) is 24.3 Å². The molecule has 0 saturated heterocycles. The molecule has 0 aromatic carbocycles. The molecule has 1 aliphatic heterocycles. The van der Waals surface area contributed by atoms with Gasteiger partial charge in [0.25, 0.3) is 0 Å². The van der Waals surface area contributed by atoms with E-state index in [0.717, 1.165) is 0 Å². The minimum atomic E-state index is -1.35. The molecule has 0 fully saturated rings. The zero-order valence-electron chi connectivity index (χ0n) is 8.63. The van der Waals surface area contributed by atoms with Crippen molar-refractivity contribution in [3.8, 4) is 0 Å². The molecule has 2 N–H and O–H groups in total. The highest BCUT2D eigenvalue weighted by Crippen LogP contribution is 2.57. The summed E-state index contributed by atoms with van der Waals surface area (Å²) in [5.74, 6) is 0. The number of hydrogen-bond acceptors (Lipinski definition) is 3. The van der Waals surface area contributed by atoms with Crippen LogP contribution in [0.1, 0.15) is 6.42 Å². The van der Waals surface area contributed by atoms with Crippen LogP contribution in [-0.2, 0) is 0 Å². The summed E-state index contributed by atoms with van der Waals surface area (Å²) in [5.41, 5.74) is 1.79. The van der Waals surface area contributed by atoms with Crippen molar-refractivity contribution in [3.05, 3.63) is 57.8 Å². The average molecular weight is 230 g/mol. The van der Waals surface area contributed by atoms with Crippen molar-refractivity contribution in [2.45, 2.75) is 6.42 Å². The van der Waals surface area contributed by atoms with Crippen LogP contribution >= 0.6 is 11.8 Å². The Kier molecular flexibility index (Phi) is 2.24. The van der Waals surface area contributed by atoms with Crippen LogP contribution in [0, 0.1) is 5.41 Å². The molecule has 0 saturated carbocycles. The minimum absolute atomic E-state index is 0.132. The number of allylic oxidation sites excluding steroid dienone is 9. The maximum Gasteiger partial charge on any atom is 0.484 e. The van der Waals surface area contributed by atoms with Crippen molar-refractivity contribution < 1.29 is 10.0 Å². The van der Waals surface area contributed by atoms with Gasteiger partial charge in [-0.1, -0.05) is 36.5 Å². The number of rotatable bonds is 1. The smallest absolute Gasteiger partial charge is 0.423 e. The van der Waals surface area contributed by atoms with Gasteiger partial charge in [0.1, 0.15) is 0 Å². The van der Waals surface area contributed by atoms with Crippen molar-refractivity contribution in [2.75, 3.05) is 0 Å². The van der Waals surface area contributed by atoms with Crippen LogP contribution in [-0.4, -0.2) is 17.2 Å². The topological polar surface area (TPSA) is 40.5 Å². The molecule has 80 valence electrons. The predicted molar refractivity (Wildman–Crippen MR) is 67.4 cm³/mol. The van der Waals surface area contributed by atoms with Crippen LogP contribution in [0.15, 0.2) is 57.8 Å². The zero-order valence-corrected chi connectivity index (χ0v) is 9.45. The van der Waals surface area contributed by atoms with Crippen molar-refractivity contribution in [3.63, 3.8) is 0 Å². The van der Waals surface area contributed by atoms with Crippen LogP contribution in [0.2, 0.25) is 0 Å². The van der Waals surface area contributed by atoms with E-state index in [9.17, 15) is 10.0 Å². The van der Waals surface area contributed by atoms with Gasteiger partial charge in [0.05, 0.1) is 0 Å². The third-order valence-electron chi connectivity index (χ3n) is 3.30. The van der Waals surface area contributed by atoms with Gasteiger partial charge in [0.15, 0.2) is 0 Å². The Morgan fingerprint density at radius 2 is 2.12 bits per heavy atom. The number of hydrogen-bond donors (Lipinski definition) is 2. The standard InChI is InChI=1S/C12H11BO2S/c14-13(15)10-4-5-11-12(7-10)6-2-1-3-9(12)8-16-11/h1-6,8,14-15H,7H2. The van der Waals surface area contributed by atoms with Gasteiger partial charge in [-0.25, -0.2) is 0 Å². The fourth-order valence-corrected chi connectivity index (χ4v) is 3.56. The molecule has 0 amide bonds. The molecule has 16 heavy (non-hydrogen) atoms. The van der Waals surface area contributed by atoms with E-state index >= 15 is 0 Å². The lowest BCUT2D eigenvalue weighted by Crippen LogP contribution is -2.28. The molecule has 1 unspecified atom stereocenters. The second-order valence-electron chi connectivity index (χ2n) is 4.20. The molecule has 2 nitrogen and oxygen atoms in total. The molecule has 1 spiro atoms. The van der Waals surface area contributed by atoms with E-state index in [2.05, 4.69) is 17.6 Å². The maximum absolute atomic E-state index is 9.27. The summed E-state index contributed by atoms with van der Waals surface area (Å²) in [6.07, 6.45) is 12.8. The molecule has 1 heterocycles. The molecule has 0 radical (unpaired) electrons. The van der Waals surface area contributed by atoms with Gasteiger partial charge >= 0.3 is 7.12 Å². The summed E-state index contributed by atoms with van der Waals surface area (Å²) < 4.78 is 0. The maximum atomic E-state index is 9.27. The number of thioether (sulfide) groups is 1. The Hall–Kier alpha value is -0.965. The van der Waals surface area contributed by atoms with E-state index in [4.69, 9.17) is 0 Å². The second-order valence-corrected chi connectivity index (χ2v) is 5.11. The first kappa shape index (κ1) is 10.2. The lowest BCUT2D eigenvalue weighted by molar-refractivity contribution is 0.410. The molecular weight excluding hydrogens is 219 g/mol. The fourth-order valence-electron chi connectivity index (χ4n) is 2.40. The molecule has 1 atom stereocenters. The van der Waals surface area contributed by atoms with E-state index in [-0.39, 0.29) is 5.41 Å². The summed E-state index contributed by atoms with van der Waals surface area (Å²) >= 11 is 1.72. The highest BCUT2D eigenvalue weighted by Gasteiger charge is 2.43. The van der Waals surface area contributed by atoms with Crippen LogP contribution in [0.5, 0.6) is 0 Å². The van der Waals surface area contributed by atoms with Gasteiger partial charge in [0, 0.05) is 10.3 Å². The first-order valence-corrected chi connectivity index (χ1v) is 6.11. The van der Waals surface area contributed by atoms with Gasteiger partial charge in [-0.05, 0) is 22.9 Å². The van der Waals surface area contributed by atoms with Gasteiger partial charge in [-0.15, -0.1) is 11.8 Å². The largest absolute Gasteiger partial charge is 0.484 e. The van der Waals surface area contributed by atoms with Gasteiger partial charge in [-0.2, -0.15) is 0 Å². The van der Waals surface area contributed by atoms with Crippen molar-refractivity contribution >= 4 is 18.9 Å². The first-order chi connectivity index (χ1) is 7.72. The Balaban J connectivity index is 2.06. The first-order valence-electron chi connectivity index (χ1n) is 5.23. The Bertz CT molecular complexity index is 485. The zero-order chi connectivity index (χ0) is 11.2. The average Bonchev–Trinajstić information content (AvgIpc) is 2.66. The lowest BCUT2D eigenvalue weighted by Gasteiger charge is -2.34. The van der Waals surface area contributed by atoms with E-state index in [1.54, 1.807) is 11.8 Å². The van der Waals surface area contributed by atoms with Crippen LogP contribution in [0.25, 0.3) is 0 Å². The molecule has 3 aliphatic rings. The summed E-state index contributed by atoms with van der Waals surface area (Å²) in [6, 6.07) is 0. The summed E-state index contributed by atoms with van der Waals surface area (Å²) in [4.78, 5) is 1.27. The third kappa shape index (κ3) is 1.31. The van der Waals surface area contributed by atoms with E-state index in [0.29, 0.717) is 11.9 Å². The minimum Gasteiger partial charge on any atom is -0.423 e. The molecule has 3 rings (SSSR count). The molecule has 0 aromatic rings. The molecule has 4 heteroatoms. The third-order valence-corrected chi connectivity index (χ3v) is 4.42. The molecule has 0 aromatic heterocycles. The monoisotopic (exact) mass is 230 g/mol. The molecular formula is C12H11BO2S. The van der Waals surface area contributed by atoms with Crippen molar-refractivity contribution in [1.82, 2.24) is 0 Å². The van der Waals surface area contributed by atoms with Gasteiger partial charge in [-0.3, -0.25) is 0 Å².